The molecule has 0 bridgehead atoms. The second-order valence-electron chi connectivity index (χ2n) is 3.23. The second-order valence-corrected chi connectivity index (χ2v) is 4.48. The van der Waals surface area contributed by atoms with Gasteiger partial charge in [-0.15, -0.1) is 0 Å². The van der Waals surface area contributed by atoms with E-state index in [1.165, 1.54) is 0 Å². The minimum atomic E-state index is -1.01. The van der Waals surface area contributed by atoms with Crippen LogP contribution in [0.3, 0.4) is 0 Å². The molecule has 0 fully saturated rings. The van der Waals surface area contributed by atoms with E-state index in [1.54, 1.807) is 42.7 Å². The van der Waals surface area contributed by atoms with Crippen LogP contribution in [0.25, 0.3) is 0 Å². The number of pyridine rings is 1. The topological polar surface area (TPSA) is 59.4 Å². The quantitative estimate of drug-likeness (QED) is 0.872. The van der Waals surface area contributed by atoms with Crippen LogP contribution in [0.5, 0.6) is 11.5 Å². The Labute approximate surface area is 111 Å². The number of hydrogen-bond acceptors (Lipinski definition) is 3. The number of carboxylic acids is 1. The first-order valence-corrected chi connectivity index (χ1v) is 5.85. The average Bonchev–Trinajstić information content (AvgIpc) is 2.32. The van der Waals surface area contributed by atoms with E-state index in [0.717, 1.165) is 3.57 Å². The highest BCUT2D eigenvalue weighted by atomic mass is 127. The fourth-order valence-corrected chi connectivity index (χ4v) is 1.78. The number of carbonyl (C=O) groups is 1. The van der Waals surface area contributed by atoms with Crippen LogP contribution in [0.1, 0.15) is 10.4 Å². The summed E-state index contributed by atoms with van der Waals surface area (Å²) in [5, 5.41) is 9.07. The van der Waals surface area contributed by atoms with Crippen LogP contribution in [0, 0.1) is 3.57 Å². The zero-order chi connectivity index (χ0) is 12.3. The van der Waals surface area contributed by atoms with E-state index in [9.17, 15) is 4.79 Å². The molecule has 0 aliphatic carbocycles. The standard InChI is InChI=1S/C12H8INO3/c13-8-1-2-11(10(7-8)12(15)16)17-9-3-5-14-6-4-9/h1-7H,(H,15,16). The van der Waals surface area contributed by atoms with Crippen molar-refractivity contribution in [3.8, 4) is 11.5 Å². The van der Waals surface area contributed by atoms with Crippen molar-refractivity contribution in [3.05, 3.63) is 51.9 Å². The Morgan fingerprint density at radius 1 is 1.24 bits per heavy atom. The fraction of sp³-hybridized carbons (Fsp3) is 0. The summed E-state index contributed by atoms with van der Waals surface area (Å²) >= 11 is 2.06. The molecular formula is C12H8INO3. The van der Waals surface area contributed by atoms with E-state index in [1.807, 2.05) is 0 Å². The minimum absolute atomic E-state index is 0.147. The van der Waals surface area contributed by atoms with E-state index in [0.29, 0.717) is 11.5 Å². The number of benzene rings is 1. The maximum atomic E-state index is 11.1. The Morgan fingerprint density at radius 3 is 2.59 bits per heavy atom. The Bertz CT molecular complexity index is 543. The van der Waals surface area contributed by atoms with Crippen molar-refractivity contribution in [3.63, 3.8) is 0 Å². The zero-order valence-corrected chi connectivity index (χ0v) is 10.8. The third-order valence-electron chi connectivity index (χ3n) is 2.05. The van der Waals surface area contributed by atoms with Crippen LogP contribution in [0.2, 0.25) is 0 Å². The van der Waals surface area contributed by atoms with Crippen LogP contribution in [0.15, 0.2) is 42.7 Å². The van der Waals surface area contributed by atoms with Crippen molar-refractivity contribution in [2.24, 2.45) is 0 Å². The number of carboxylic acid groups (broad SMARTS) is 1. The van der Waals surface area contributed by atoms with E-state index < -0.39 is 5.97 Å². The van der Waals surface area contributed by atoms with Crippen molar-refractivity contribution < 1.29 is 14.6 Å². The maximum Gasteiger partial charge on any atom is 0.339 e. The number of rotatable bonds is 3. The smallest absolute Gasteiger partial charge is 0.339 e. The molecule has 1 aromatic heterocycles. The average molecular weight is 341 g/mol. The molecule has 0 amide bonds. The van der Waals surface area contributed by atoms with Crippen LogP contribution in [-0.2, 0) is 0 Å². The molecule has 17 heavy (non-hydrogen) atoms. The van der Waals surface area contributed by atoms with Gasteiger partial charge in [-0.25, -0.2) is 4.79 Å². The van der Waals surface area contributed by atoms with Gasteiger partial charge < -0.3 is 9.84 Å². The number of nitrogens with zero attached hydrogens (tertiary/aromatic N) is 1. The Morgan fingerprint density at radius 2 is 1.94 bits per heavy atom. The van der Waals surface area contributed by atoms with E-state index in [4.69, 9.17) is 9.84 Å². The van der Waals surface area contributed by atoms with E-state index in [2.05, 4.69) is 27.6 Å². The molecule has 0 unspecified atom stereocenters. The second kappa shape index (κ2) is 5.13. The molecular weight excluding hydrogens is 333 g/mol. The summed E-state index contributed by atoms with van der Waals surface area (Å²) in [4.78, 5) is 14.9. The van der Waals surface area contributed by atoms with Gasteiger partial charge in [-0.1, -0.05) is 0 Å². The Kier molecular flexibility index (Phi) is 3.58. The van der Waals surface area contributed by atoms with Crippen molar-refractivity contribution in [2.45, 2.75) is 0 Å². The van der Waals surface area contributed by atoms with Gasteiger partial charge in [0.05, 0.1) is 0 Å². The summed E-state index contributed by atoms with van der Waals surface area (Å²) in [7, 11) is 0. The lowest BCUT2D eigenvalue weighted by Gasteiger charge is -2.08. The third kappa shape index (κ3) is 2.94. The molecule has 4 nitrogen and oxygen atoms in total. The molecule has 0 atom stereocenters. The normalized spacial score (nSPS) is 9.94. The predicted molar refractivity (Wildman–Crippen MR) is 70.4 cm³/mol. The molecule has 2 aromatic rings. The summed E-state index contributed by atoms with van der Waals surface area (Å²) in [5.41, 5.74) is 0.147. The number of aromatic nitrogens is 1. The molecule has 2 rings (SSSR count). The van der Waals surface area contributed by atoms with E-state index in [-0.39, 0.29) is 5.56 Å². The number of halogens is 1. The largest absolute Gasteiger partial charge is 0.478 e. The van der Waals surface area contributed by atoms with Gasteiger partial charge in [-0.05, 0) is 52.9 Å². The van der Waals surface area contributed by atoms with Crippen molar-refractivity contribution in [1.29, 1.82) is 0 Å². The van der Waals surface area contributed by atoms with Gasteiger partial charge in [0.1, 0.15) is 17.1 Å². The highest BCUT2D eigenvalue weighted by Crippen LogP contribution is 2.26. The summed E-state index contributed by atoms with van der Waals surface area (Å²) in [6.07, 6.45) is 3.17. The first-order chi connectivity index (χ1) is 8.16. The van der Waals surface area contributed by atoms with Crippen molar-refractivity contribution >= 4 is 28.6 Å². The van der Waals surface area contributed by atoms with Gasteiger partial charge in [0.2, 0.25) is 0 Å². The van der Waals surface area contributed by atoms with Crippen LogP contribution < -0.4 is 4.74 Å². The molecule has 0 saturated carbocycles. The predicted octanol–water partition coefficient (Wildman–Crippen LogP) is 3.18. The highest BCUT2D eigenvalue weighted by Gasteiger charge is 2.12. The lowest BCUT2D eigenvalue weighted by molar-refractivity contribution is 0.0694. The monoisotopic (exact) mass is 341 g/mol. The highest BCUT2D eigenvalue weighted by molar-refractivity contribution is 14.1. The van der Waals surface area contributed by atoms with Crippen molar-refractivity contribution in [1.82, 2.24) is 4.98 Å². The molecule has 86 valence electrons. The number of aromatic carboxylic acids is 1. The Balaban J connectivity index is 2.36. The number of ether oxygens (including phenoxy) is 1. The summed E-state index contributed by atoms with van der Waals surface area (Å²) < 4.78 is 6.35. The zero-order valence-electron chi connectivity index (χ0n) is 8.63. The molecule has 1 aromatic carbocycles. The third-order valence-corrected chi connectivity index (χ3v) is 2.72. The summed E-state index contributed by atoms with van der Waals surface area (Å²) in [5.74, 6) is -0.125. The van der Waals surface area contributed by atoms with Crippen LogP contribution >= 0.6 is 22.6 Å². The van der Waals surface area contributed by atoms with Gasteiger partial charge in [-0.2, -0.15) is 0 Å². The lowest BCUT2D eigenvalue weighted by atomic mass is 10.2. The van der Waals surface area contributed by atoms with Gasteiger partial charge in [0, 0.05) is 16.0 Å². The summed E-state index contributed by atoms with van der Waals surface area (Å²) in [6.45, 7) is 0. The minimum Gasteiger partial charge on any atom is -0.478 e. The summed E-state index contributed by atoms with van der Waals surface area (Å²) in [6, 6.07) is 8.35. The molecule has 1 N–H and O–H groups in total. The van der Waals surface area contributed by atoms with Crippen LogP contribution in [0.4, 0.5) is 0 Å². The number of hydrogen-bond donors (Lipinski definition) is 1. The lowest BCUT2D eigenvalue weighted by Crippen LogP contribution is -2.00. The maximum absolute atomic E-state index is 11.1. The van der Waals surface area contributed by atoms with Gasteiger partial charge in [-0.3, -0.25) is 4.98 Å². The fourth-order valence-electron chi connectivity index (χ4n) is 1.29. The van der Waals surface area contributed by atoms with Gasteiger partial charge in [0.25, 0.3) is 0 Å². The molecule has 0 saturated heterocycles. The van der Waals surface area contributed by atoms with Gasteiger partial charge >= 0.3 is 5.97 Å². The first-order valence-electron chi connectivity index (χ1n) is 4.77. The molecule has 0 radical (unpaired) electrons. The van der Waals surface area contributed by atoms with Gasteiger partial charge in [0.15, 0.2) is 0 Å². The molecule has 1 heterocycles. The molecule has 5 heteroatoms. The molecule has 0 aliphatic heterocycles. The molecule has 0 aliphatic rings. The SMILES string of the molecule is O=C(O)c1cc(I)ccc1Oc1ccncc1. The van der Waals surface area contributed by atoms with E-state index >= 15 is 0 Å². The Hall–Kier alpha value is -1.63. The first kappa shape index (κ1) is 11.8. The molecule has 0 spiro atoms. The van der Waals surface area contributed by atoms with Crippen LogP contribution in [-0.4, -0.2) is 16.1 Å². The van der Waals surface area contributed by atoms with Crippen molar-refractivity contribution in [2.75, 3.05) is 0 Å².